The van der Waals surface area contributed by atoms with E-state index in [4.69, 9.17) is 15.0 Å². The molecule has 0 saturated carbocycles. The Morgan fingerprint density at radius 1 is 0.333 bits per heavy atom. The molecule has 0 aliphatic heterocycles. The SMILES string of the molecule is O=C1c2ccccc2C(c2ccccc2)(c2ccccc2)c2ccc(-c3cccc(-c4nc(-c5ccccc5)nc(-c5ccccc5)n4)c3)cc21. The number of carbonyl (C=O) groups excluding carboxylic acids is 1. The van der Waals surface area contributed by atoms with Gasteiger partial charge >= 0.3 is 0 Å². The van der Waals surface area contributed by atoms with E-state index in [0.717, 1.165) is 55.6 Å². The maximum absolute atomic E-state index is 14.4. The quantitative estimate of drug-likeness (QED) is 0.179. The molecule has 8 aromatic rings. The van der Waals surface area contributed by atoms with E-state index in [1.54, 1.807) is 0 Å². The number of hydrogen-bond donors (Lipinski definition) is 0. The van der Waals surface area contributed by atoms with Crippen LogP contribution in [0, 0.1) is 0 Å². The van der Waals surface area contributed by atoms with Gasteiger partial charge in [-0.2, -0.15) is 0 Å². The summed E-state index contributed by atoms with van der Waals surface area (Å²) in [5, 5.41) is 0. The third-order valence-corrected chi connectivity index (χ3v) is 9.81. The lowest BCUT2D eigenvalue weighted by molar-refractivity contribution is 0.103. The predicted molar refractivity (Wildman–Crippen MR) is 203 cm³/mol. The molecule has 0 N–H and O–H groups in total. The number of carbonyl (C=O) groups is 1. The Hall–Kier alpha value is -6.78. The van der Waals surface area contributed by atoms with E-state index in [9.17, 15) is 4.79 Å². The topological polar surface area (TPSA) is 55.7 Å². The van der Waals surface area contributed by atoms with Crippen LogP contribution in [0.3, 0.4) is 0 Å². The number of fused-ring (bicyclic) bond motifs is 2. The second kappa shape index (κ2) is 12.6. The normalized spacial score (nSPS) is 12.9. The van der Waals surface area contributed by atoms with E-state index in [0.29, 0.717) is 23.0 Å². The molecule has 0 atom stereocenters. The lowest BCUT2D eigenvalue weighted by Crippen LogP contribution is -2.38. The third-order valence-electron chi connectivity index (χ3n) is 9.81. The summed E-state index contributed by atoms with van der Waals surface area (Å²) in [4.78, 5) is 29.2. The van der Waals surface area contributed by atoms with Crippen LogP contribution in [0.2, 0.25) is 0 Å². The molecule has 51 heavy (non-hydrogen) atoms. The van der Waals surface area contributed by atoms with Gasteiger partial charge in [0.25, 0.3) is 0 Å². The average Bonchev–Trinajstić information content (AvgIpc) is 3.22. The molecule has 0 radical (unpaired) electrons. The van der Waals surface area contributed by atoms with Gasteiger partial charge in [0.05, 0.1) is 5.41 Å². The number of rotatable bonds is 6. The Morgan fingerprint density at radius 2 is 0.765 bits per heavy atom. The fourth-order valence-electron chi connectivity index (χ4n) is 7.48. The van der Waals surface area contributed by atoms with E-state index < -0.39 is 5.41 Å². The van der Waals surface area contributed by atoms with Gasteiger partial charge in [0.2, 0.25) is 0 Å². The summed E-state index contributed by atoms with van der Waals surface area (Å²) in [6.45, 7) is 0. The first-order valence-electron chi connectivity index (χ1n) is 17.1. The third kappa shape index (κ3) is 5.17. The van der Waals surface area contributed by atoms with Gasteiger partial charge in [0.1, 0.15) is 0 Å². The Kier molecular flexibility index (Phi) is 7.48. The minimum Gasteiger partial charge on any atom is -0.289 e. The standard InChI is InChI=1S/C47H31N3O/c51-43-39-26-13-14-27-41(39)47(37-22-9-3-10-23-37,38-24-11-4-12-25-38)42-29-28-35(31-40(42)43)34-20-15-21-36(30-34)46-49-44(32-16-5-1-6-17-32)48-45(50-46)33-18-7-2-8-19-33/h1-31H. The van der Waals surface area contributed by atoms with Crippen molar-refractivity contribution in [2.45, 2.75) is 5.41 Å². The molecule has 4 nitrogen and oxygen atoms in total. The average molecular weight is 654 g/mol. The molecule has 1 aliphatic carbocycles. The fourth-order valence-corrected chi connectivity index (χ4v) is 7.48. The van der Waals surface area contributed by atoms with Crippen LogP contribution in [0.1, 0.15) is 38.2 Å². The van der Waals surface area contributed by atoms with Gasteiger partial charge in [0, 0.05) is 27.8 Å². The Bertz CT molecular complexity index is 2430. The molecule has 240 valence electrons. The van der Waals surface area contributed by atoms with Gasteiger partial charge in [-0.1, -0.05) is 176 Å². The highest BCUT2D eigenvalue weighted by molar-refractivity contribution is 6.14. The fraction of sp³-hybridized carbons (Fsp3) is 0.0213. The maximum atomic E-state index is 14.4. The molecular formula is C47H31N3O. The van der Waals surface area contributed by atoms with Gasteiger partial charge in [-0.15, -0.1) is 0 Å². The Morgan fingerprint density at radius 3 is 1.35 bits per heavy atom. The highest BCUT2D eigenvalue weighted by atomic mass is 16.1. The van der Waals surface area contributed by atoms with Crippen LogP contribution in [0.15, 0.2) is 188 Å². The second-order valence-corrected chi connectivity index (χ2v) is 12.7. The van der Waals surface area contributed by atoms with Crippen LogP contribution in [-0.2, 0) is 5.41 Å². The molecule has 0 bridgehead atoms. The molecule has 0 fully saturated rings. The summed E-state index contributed by atoms with van der Waals surface area (Å²) in [5.41, 5.74) is 9.56. The van der Waals surface area contributed by atoms with Crippen molar-refractivity contribution >= 4 is 5.78 Å². The van der Waals surface area contributed by atoms with Crippen molar-refractivity contribution in [1.82, 2.24) is 15.0 Å². The molecule has 9 rings (SSSR count). The van der Waals surface area contributed by atoms with Gasteiger partial charge in [-0.3, -0.25) is 4.79 Å². The summed E-state index contributed by atoms with van der Waals surface area (Å²) in [5.74, 6) is 1.83. The smallest absolute Gasteiger partial charge is 0.193 e. The lowest BCUT2D eigenvalue weighted by atomic mass is 9.59. The Balaban J connectivity index is 1.21. The van der Waals surface area contributed by atoms with Crippen molar-refractivity contribution in [1.29, 1.82) is 0 Å². The molecule has 0 spiro atoms. The summed E-state index contributed by atoms with van der Waals surface area (Å²) in [6.07, 6.45) is 0. The zero-order valence-electron chi connectivity index (χ0n) is 27.6. The zero-order valence-corrected chi connectivity index (χ0v) is 27.6. The Labute approximate surface area is 296 Å². The summed E-state index contributed by atoms with van der Waals surface area (Å²) >= 11 is 0. The van der Waals surface area contributed by atoms with Crippen LogP contribution in [0.4, 0.5) is 0 Å². The molecule has 4 heteroatoms. The van der Waals surface area contributed by atoms with Gasteiger partial charge < -0.3 is 0 Å². The molecule has 1 aliphatic rings. The minimum atomic E-state index is -0.671. The van der Waals surface area contributed by atoms with E-state index in [1.165, 1.54) is 0 Å². The van der Waals surface area contributed by atoms with E-state index in [1.807, 2.05) is 103 Å². The van der Waals surface area contributed by atoms with Crippen molar-refractivity contribution in [2.24, 2.45) is 0 Å². The van der Waals surface area contributed by atoms with E-state index in [2.05, 4.69) is 84.9 Å². The molecule has 7 aromatic carbocycles. The number of aromatic nitrogens is 3. The van der Waals surface area contributed by atoms with Crippen molar-refractivity contribution in [3.8, 4) is 45.3 Å². The monoisotopic (exact) mass is 653 g/mol. The van der Waals surface area contributed by atoms with Crippen molar-refractivity contribution in [3.05, 3.63) is 221 Å². The van der Waals surface area contributed by atoms with Crippen molar-refractivity contribution in [3.63, 3.8) is 0 Å². The van der Waals surface area contributed by atoms with Gasteiger partial charge in [-0.25, -0.2) is 15.0 Å². The van der Waals surface area contributed by atoms with Crippen LogP contribution in [0.25, 0.3) is 45.3 Å². The van der Waals surface area contributed by atoms with Crippen molar-refractivity contribution < 1.29 is 4.79 Å². The first kappa shape index (κ1) is 30.3. The number of benzene rings is 7. The molecular weight excluding hydrogens is 623 g/mol. The summed E-state index contributed by atoms with van der Waals surface area (Å²) in [6, 6.07) is 63.7. The maximum Gasteiger partial charge on any atom is 0.193 e. The van der Waals surface area contributed by atoms with Crippen LogP contribution in [0.5, 0.6) is 0 Å². The van der Waals surface area contributed by atoms with Crippen LogP contribution >= 0.6 is 0 Å². The number of ketones is 1. The summed E-state index contributed by atoms with van der Waals surface area (Å²) < 4.78 is 0. The predicted octanol–water partition coefficient (Wildman–Crippen LogP) is 10.5. The van der Waals surface area contributed by atoms with Crippen molar-refractivity contribution in [2.75, 3.05) is 0 Å². The lowest BCUT2D eigenvalue weighted by Gasteiger charge is -2.41. The highest BCUT2D eigenvalue weighted by Gasteiger charge is 2.46. The second-order valence-electron chi connectivity index (χ2n) is 12.7. The van der Waals surface area contributed by atoms with E-state index >= 15 is 0 Å². The zero-order chi connectivity index (χ0) is 34.2. The van der Waals surface area contributed by atoms with Crippen LogP contribution in [-0.4, -0.2) is 20.7 Å². The number of nitrogens with zero attached hydrogens (tertiary/aromatic N) is 3. The first-order chi connectivity index (χ1) is 25.2. The largest absolute Gasteiger partial charge is 0.289 e. The molecule has 0 saturated heterocycles. The molecule has 1 heterocycles. The highest BCUT2D eigenvalue weighted by Crippen LogP contribution is 2.51. The first-order valence-corrected chi connectivity index (χ1v) is 17.1. The summed E-state index contributed by atoms with van der Waals surface area (Å²) in [7, 11) is 0. The van der Waals surface area contributed by atoms with Gasteiger partial charge in [0.15, 0.2) is 23.3 Å². The van der Waals surface area contributed by atoms with Gasteiger partial charge in [-0.05, 0) is 45.5 Å². The number of hydrogen-bond acceptors (Lipinski definition) is 4. The molecule has 0 unspecified atom stereocenters. The van der Waals surface area contributed by atoms with Crippen LogP contribution < -0.4 is 0 Å². The molecule has 0 amide bonds. The van der Waals surface area contributed by atoms with E-state index in [-0.39, 0.29) is 5.78 Å². The molecule has 1 aromatic heterocycles. The minimum absolute atomic E-state index is 0.0264.